The molecule has 0 amide bonds. The Morgan fingerprint density at radius 3 is 1.95 bits per heavy atom. The summed E-state index contributed by atoms with van der Waals surface area (Å²) in [7, 11) is 0. The number of carbonyl (C=O) groups excluding carboxylic acids is 2. The number of aliphatic carboxylic acids is 1. The molecule has 0 aliphatic rings. The van der Waals surface area contributed by atoms with E-state index >= 15 is 0 Å². The standard InChI is InChI=1S/C13H22O6/c1-2-12(16)18-10-19-13(17)9-7-5-3-4-6-8-11(14)15/h2-10H2,1H3,(H,14,15). The van der Waals surface area contributed by atoms with Crippen molar-refractivity contribution in [2.45, 2.75) is 58.3 Å². The third-order valence-electron chi connectivity index (χ3n) is 2.50. The first kappa shape index (κ1) is 17.4. The molecule has 0 aromatic carbocycles. The number of unbranched alkanes of at least 4 members (excludes halogenated alkanes) is 4. The number of carboxylic acids is 1. The van der Waals surface area contributed by atoms with Gasteiger partial charge in [-0.25, -0.2) is 0 Å². The van der Waals surface area contributed by atoms with E-state index in [4.69, 9.17) is 9.84 Å². The second-order valence-corrected chi connectivity index (χ2v) is 4.17. The molecule has 0 radical (unpaired) electrons. The van der Waals surface area contributed by atoms with Crippen LogP contribution in [-0.4, -0.2) is 29.8 Å². The number of esters is 2. The van der Waals surface area contributed by atoms with Gasteiger partial charge in [-0.05, 0) is 12.8 Å². The van der Waals surface area contributed by atoms with Crippen LogP contribution in [0, 0.1) is 0 Å². The summed E-state index contributed by atoms with van der Waals surface area (Å²) >= 11 is 0. The van der Waals surface area contributed by atoms with E-state index < -0.39 is 11.9 Å². The van der Waals surface area contributed by atoms with E-state index in [2.05, 4.69) is 4.74 Å². The summed E-state index contributed by atoms with van der Waals surface area (Å²) in [5.74, 6) is -1.55. The summed E-state index contributed by atoms with van der Waals surface area (Å²) in [5.41, 5.74) is 0. The van der Waals surface area contributed by atoms with Crippen molar-refractivity contribution in [2.75, 3.05) is 6.79 Å². The highest BCUT2D eigenvalue weighted by atomic mass is 16.7. The summed E-state index contributed by atoms with van der Waals surface area (Å²) in [5, 5.41) is 8.43. The van der Waals surface area contributed by atoms with Gasteiger partial charge in [0.2, 0.25) is 6.79 Å². The average molecular weight is 274 g/mol. The van der Waals surface area contributed by atoms with Crippen molar-refractivity contribution in [2.24, 2.45) is 0 Å². The van der Waals surface area contributed by atoms with Gasteiger partial charge in [-0.1, -0.05) is 26.2 Å². The number of hydrogen-bond donors (Lipinski definition) is 1. The molecule has 0 aliphatic heterocycles. The number of ether oxygens (including phenoxy) is 2. The smallest absolute Gasteiger partial charge is 0.308 e. The minimum atomic E-state index is -0.773. The van der Waals surface area contributed by atoms with E-state index in [0.717, 1.165) is 19.3 Å². The number of hydrogen-bond acceptors (Lipinski definition) is 5. The van der Waals surface area contributed by atoms with Crippen LogP contribution in [0.5, 0.6) is 0 Å². The molecule has 19 heavy (non-hydrogen) atoms. The van der Waals surface area contributed by atoms with E-state index in [1.54, 1.807) is 6.92 Å². The fraction of sp³-hybridized carbons (Fsp3) is 0.769. The van der Waals surface area contributed by atoms with Crippen molar-refractivity contribution in [3.63, 3.8) is 0 Å². The summed E-state index contributed by atoms with van der Waals surface area (Å²) < 4.78 is 9.32. The van der Waals surface area contributed by atoms with Crippen LogP contribution in [0.2, 0.25) is 0 Å². The van der Waals surface area contributed by atoms with Crippen LogP contribution in [0.1, 0.15) is 58.3 Å². The monoisotopic (exact) mass is 274 g/mol. The van der Waals surface area contributed by atoms with Crippen LogP contribution in [0.15, 0.2) is 0 Å². The summed E-state index contributed by atoms with van der Waals surface area (Å²) in [6.07, 6.45) is 4.76. The second-order valence-electron chi connectivity index (χ2n) is 4.17. The van der Waals surface area contributed by atoms with Crippen LogP contribution in [-0.2, 0) is 23.9 Å². The summed E-state index contributed by atoms with van der Waals surface area (Å²) in [4.78, 5) is 32.2. The fourth-order valence-corrected chi connectivity index (χ4v) is 1.41. The SMILES string of the molecule is CCC(=O)OCOC(=O)CCCCCCCC(=O)O. The zero-order valence-corrected chi connectivity index (χ0v) is 11.4. The molecule has 0 heterocycles. The molecule has 6 nitrogen and oxygen atoms in total. The van der Waals surface area contributed by atoms with Gasteiger partial charge in [-0.15, -0.1) is 0 Å². The molecule has 0 unspecified atom stereocenters. The predicted octanol–water partition coefficient (Wildman–Crippen LogP) is 2.26. The summed E-state index contributed by atoms with van der Waals surface area (Å²) in [6.45, 7) is 1.35. The second kappa shape index (κ2) is 11.5. The molecule has 0 aromatic heterocycles. The van der Waals surface area contributed by atoms with Gasteiger partial charge in [0.15, 0.2) is 0 Å². The first-order chi connectivity index (χ1) is 9.06. The van der Waals surface area contributed by atoms with Gasteiger partial charge in [0.1, 0.15) is 0 Å². The third-order valence-corrected chi connectivity index (χ3v) is 2.50. The fourth-order valence-electron chi connectivity index (χ4n) is 1.41. The molecule has 0 rings (SSSR count). The van der Waals surface area contributed by atoms with Crippen LogP contribution >= 0.6 is 0 Å². The number of rotatable bonds is 11. The van der Waals surface area contributed by atoms with Crippen molar-refractivity contribution < 1.29 is 29.0 Å². The highest BCUT2D eigenvalue weighted by Crippen LogP contribution is 2.07. The molecule has 0 fully saturated rings. The topological polar surface area (TPSA) is 89.9 Å². The molecule has 0 atom stereocenters. The van der Waals surface area contributed by atoms with Crippen molar-refractivity contribution in [3.05, 3.63) is 0 Å². The molecule has 1 N–H and O–H groups in total. The highest BCUT2D eigenvalue weighted by molar-refractivity contribution is 5.70. The Balaban J connectivity index is 3.29. The van der Waals surface area contributed by atoms with E-state index in [1.165, 1.54) is 0 Å². The number of carbonyl (C=O) groups is 3. The first-order valence-corrected chi connectivity index (χ1v) is 6.59. The maximum absolute atomic E-state index is 11.2. The van der Waals surface area contributed by atoms with E-state index in [9.17, 15) is 14.4 Å². The highest BCUT2D eigenvalue weighted by Gasteiger charge is 2.04. The quantitative estimate of drug-likeness (QED) is 0.353. The van der Waals surface area contributed by atoms with Crippen molar-refractivity contribution in [1.29, 1.82) is 0 Å². The molecular formula is C13H22O6. The normalized spacial score (nSPS) is 9.95. The Morgan fingerprint density at radius 1 is 0.842 bits per heavy atom. The molecule has 6 heteroatoms. The summed E-state index contributed by atoms with van der Waals surface area (Å²) in [6, 6.07) is 0. The Labute approximate surface area is 113 Å². The lowest BCUT2D eigenvalue weighted by Gasteiger charge is -2.05. The van der Waals surface area contributed by atoms with Gasteiger partial charge in [0.25, 0.3) is 0 Å². The average Bonchev–Trinajstić information content (AvgIpc) is 2.37. The van der Waals surface area contributed by atoms with Crippen LogP contribution in [0.4, 0.5) is 0 Å². The molecule has 0 aliphatic carbocycles. The third kappa shape index (κ3) is 12.7. The Hall–Kier alpha value is -1.59. The lowest BCUT2D eigenvalue weighted by molar-refractivity contribution is -0.167. The predicted molar refractivity (Wildman–Crippen MR) is 67.3 cm³/mol. The van der Waals surface area contributed by atoms with Crippen LogP contribution in [0.3, 0.4) is 0 Å². The minimum Gasteiger partial charge on any atom is -0.481 e. The van der Waals surface area contributed by atoms with Crippen molar-refractivity contribution >= 4 is 17.9 Å². The molecule has 0 saturated heterocycles. The van der Waals surface area contributed by atoms with Crippen molar-refractivity contribution in [1.82, 2.24) is 0 Å². The molecule has 0 aromatic rings. The molecule has 0 spiro atoms. The van der Waals surface area contributed by atoms with Crippen LogP contribution in [0.25, 0.3) is 0 Å². The van der Waals surface area contributed by atoms with Gasteiger partial charge in [0.05, 0.1) is 0 Å². The lowest BCUT2D eigenvalue weighted by Crippen LogP contribution is -2.11. The molecular weight excluding hydrogens is 252 g/mol. The van der Waals surface area contributed by atoms with E-state index in [-0.39, 0.29) is 25.6 Å². The maximum Gasteiger partial charge on any atom is 0.308 e. The molecule has 0 bridgehead atoms. The van der Waals surface area contributed by atoms with Gasteiger partial charge < -0.3 is 14.6 Å². The van der Waals surface area contributed by atoms with Gasteiger partial charge in [-0.2, -0.15) is 0 Å². The maximum atomic E-state index is 11.2. The Bertz CT molecular complexity index is 287. The molecule has 0 saturated carbocycles. The van der Waals surface area contributed by atoms with Gasteiger partial charge >= 0.3 is 17.9 Å². The largest absolute Gasteiger partial charge is 0.481 e. The lowest BCUT2D eigenvalue weighted by atomic mass is 10.1. The Morgan fingerprint density at radius 2 is 1.37 bits per heavy atom. The van der Waals surface area contributed by atoms with E-state index in [0.29, 0.717) is 19.3 Å². The zero-order chi connectivity index (χ0) is 14.5. The Kier molecular flexibility index (Phi) is 10.5. The van der Waals surface area contributed by atoms with Gasteiger partial charge in [-0.3, -0.25) is 14.4 Å². The first-order valence-electron chi connectivity index (χ1n) is 6.59. The molecule has 110 valence electrons. The van der Waals surface area contributed by atoms with Gasteiger partial charge in [0, 0.05) is 19.3 Å². The number of carboxylic acid groups (broad SMARTS) is 1. The van der Waals surface area contributed by atoms with Crippen LogP contribution < -0.4 is 0 Å². The zero-order valence-electron chi connectivity index (χ0n) is 11.4. The van der Waals surface area contributed by atoms with Crippen molar-refractivity contribution in [3.8, 4) is 0 Å². The van der Waals surface area contributed by atoms with E-state index in [1.807, 2.05) is 0 Å². The minimum absolute atomic E-state index is 0.199.